The third-order valence-electron chi connectivity index (χ3n) is 18.0. The van der Waals surface area contributed by atoms with Gasteiger partial charge in [0.05, 0.1) is 142 Å². The van der Waals surface area contributed by atoms with Crippen molar-refractivity contribution in [1.82, 2.24) is 0 Å². The number of carbonyl (C=O) groups excluding carboxylic acids is 6. The normalized spacial score (nSPS) is 12.8. The number of ether oxygens (including phenoxy) is 8. The van der Waals surface area contributed by atoms with E-state index in [4.69, 9.17) is 37.9 Å². The Morgan fingerprint density at radius 2 is 0.213 bits per heavy atom. The number of carboxylic acids is 6. The maximum atomic E-state index is 11.2. The zero-order valence-corrected chi connectivity index (χ0v) is 74.0. The van der Waals surface area contributed by atoms with Crippen molar-refractivity contribution in [3.63, 3.8) is 0 Å². The Bertz CT molecular complexity index is 3650. The summed E-state index contributed by atoms with van der Waals surface area (Å²) in [6.45, 7) is 12.4. The van der Waals surface area contributed by atoms with Gasteiger partial charge < -0.3 is 97.3 Å². The van der Waals surface area contributed by atoms with Crippen LogP contribution in [0.3, 0.4) is 0 Å². The molecule has 0 unspecified atom stereocenters. The van der Waals surface area contributed by atoms with Gasteiger partial charge in [0.2, 0.25) is 0 Å². The average molecular weight is 1910 g/mol. The van der Waals surface area contributed by atoms with Crippen LogP contribution in [0, 0.1) is 81.7 Å². The Morgan fingerprint density at radius 1 is 0.148 bits per heavy atom. The molecule has 0 atom stereocenters. The van der Waals surface area contributed by atoms with E-state index < -0.39 is 71.3 Å². The first kappa shape index (κ1) is 102. The molecule has 4 saturated heterocycles. The number of hydrogen-bond acceptors (Lipinski definition) is 20. The van der Waals surface area contributed by atoms with Crippen molar-refractivity contribution < 1.29 is 179 Å². The van der Waals surface area contributed by atoms with Crippen LogP contribution in [0.2, 0.25) is 0 Å². The summed E-state index contributed by atoms with van der Waals surface area (Å²) < 4.78 is 39.6. The maximum Gasteiger partial charge on any atom is 3.00 e. The minimum atomic E-state index is -1.07. The SMILES string of the molecule is C1COCCO1.C1COCCO1.C1COCCO1.C1COCCO1.O=C([O-])C(c1ccccc1)c1ccccc1.O=C([O-])C(c1ccccc1)c1ccccc1.O=C([O-])C(c1ccccc1)c1ccccc1.O=C([O-])C(c1ccccc1)c1ccccc1.O=C([O-])C(c1ccccc1)c1ccccc1.O=C([O-])C(c1ccccc1)c1ccccc1.[Nd+3].[Nd+3]. The number of carboxylic acid groups (broad SMARTS) is 6. The standard InChI is InChI=1S/6C14H12O2.4C4H8O2.2Nd/c6*15-14(16)13(11-7-3-1-4-8-11)12-9-5-2-6-10-12;4*1-2-6-4-3-5-1;;/h6*1-10,13H,(H,15,16);4*1-4H2;;/q;;;;;;;;;;2*+3/p-6. The molecule has 4 aliphatic rings. The fourth-order valence-corrected chi connectivity index (χ4v) is 12.3. The number of hydrogen-bond donors (Lipinski definition) is 0. The van der Waals surface area contributed by atoms with Crippen LogP contribution in [-0.4, -0.2) is 142 Å². The Hall–Kier alpha value is -10.2. The molecule has 4 aliphatic heterocycles. The van der Waals surface area contributed by atoms with Crippen molar-refractivity contribution in [2.45, 2.75) is 35.5 Å². The molecule has 20 nitrogen and oxygen atoms in total. The summed E-state index contributed by atoms with van der Waals surface area (Å²) in [5.74, 6) is -10.6. The van der Waals surface area contributed by atoms with Gasteiger partial charge in [-0.15, -0.1) is 0 Å². The molecule has 0 N–H and O–H groups in total. The second-order valence-electron chi connectivity index (χ2n) is 26.3. The molecule has 12 aromatic rings. The van der Waals surface area contributed by atoms with Crippen LogP contribution in [0.1, 0.15) is 102 Å². The summed E-state index contributed by atoms with van der Waals surface area (Å²) in [4.78, 5) is 67.1. The quantitative estimate of drug-likeness (QED) is 0.0771. The van der Waals surface area contributed by atoms with Crippen LogP contribution in [0.25, 0.3) is 0 Å². The fourth-order valence-electron chi connectivity index (χ4n) is 12.3. The van der Waals surface area contributed by atoms with E-state index >= 15 is 0 Å². The predicted octanol–water partition coefficient (Wildman–Crippen LogP) is 9.54. The van der Waals surface area contributed by atoms with Gasteiger partial charge in [0.25, 0.3) is 0 Å². The summed E-state index contributed by atoms with van der Waals surface area (Å²) in [6, 6.07) is 109. The van der Waals surface area contributed by atoms with E-state index in [1.165, 1.54) is 0 Å². The second-order valence-corrected chi connectivity index (χ2v) is 26.3. The van der Waals surface area contributed by atoms with Gasteiger partial charge in [0, 0.05) is 35.5 Å². The first-order valence-corrected chi connectivity index (χ1v) is 39.2. The van der Waals surface area contributed by atoms with E-state index in [-0.39, 0.29) is 81.7 Å². The first-order valence-electron chi connectivity index (χ1n) is 39.2. The summed E-state index contributed by atoms with van der Waals surface area (Å²) in [5, 5.41) is 67.1. The summed E-state index contributed by atoms with van der Waals surface area (Å²) in [7, 11) is 0. The van der Waals surface area contributed by atoms with Gasteiger partial charge in [0.15, 0.2) is 0 Å². The van der Waals surface area contributed by atoms with Crippen LogP contribution >= 0.6 is 0 Å². The Morgan fingerprint density at radius 3 is 0.262 bits per heavy atom. The van der Waals surface area contributed by atoms with Crippen molar-refractivity contribution >= 4 is 35.8 Å². The molecular weight excluding hydrogens is 1810 g/mol. The zero-order chi connectivity index (χ0) is 85.3. The Balaban J connectivity index is 0.000000246. The van der Waals surface area contributed by atoms with E-state index in [0.29, 0.717) is 0 Å². The average Bonchev–Trinajstić information content (AvgIpc) is 0.873. The van der Waals surface area contributed by atoms with E-state index in [2.05, 4.69) is 0 Å². The van der Waals surface area contributed by atoms with Gasteiger partial charge in [-0.3, -0.25) is 0 Å². The fraction of sp³-hybridized carbons (Fsp3) is 0.220. The summed E-state index contributed by atoms with van der Waals surface area (Å²) in [6.07, 6.45) is 0. The van der Waals surface area contributed by atoms with Crippen LogP contribution in [0.5, 0.6) is 0 Å². The second kappa shape index (κ2) is 62.9. The molecule has 2 radical (unpaired) electrons. The Kier molecular flexibility index (Phi) is 52.8. The molecule has 0 bridgehead atoms. The summed E-state index contributed by atoms with van der Waals surface area (Å²) in [5.41, 5.74) is 8.93. The van der Waals surface area contributed by atoms with E-state index in [1.807, 2.05) is 218 Å². The smallest absolute Gasteiger partial charge is 0.549 e. The van der Waals surface area contributed by atoms with Crippen molar-refractivity contribution in [2.75, 3.05) is 106 Å². The minimum Gasteiger partial charge on any atom is -0.549 e. The number of aliphatic carboxylic acids is 6. The monoisotopic (exact) mass is 1900 g/mol. The van der Waals surface area contributed by atoms with Gasteiger partial charge in [-0.2, -0.15) is 0 Å². The van der Waals surface area contributed by atoms with Crippen molar-refractivity contribution in [1.29, 1.82) is 0 Å². The molecule has 0 aliphatic carbocycles. The molecule has 16 rings (SSSR count). The van der Waals surface area contributed by atoms with Gasteiger partial charge in [0.1, 0.15) is 0 Å². The molecule has 626 valence electrons. The number of rotatable bonds is 18. The van der Waals surface area contributed by atoms with Crippen LogP contribution < -0.4 is 30.6 Å². The van der Waals surface area contributed by atoms with Gasteiger partial charge in [-0.05, 0) is 66.8 Å². The van der Waals surface area contributed by atoms with Crippen molar-refractivity contribution in [2.24, 2.45) is 0 Å². The van der Waals surface area contributed by atoms with Gasteiger partial charge in [-0.25, -0.2) is 0 Å². The number of carbonyl (C=O) groups is 6. The van der Waals surface area contributed by atoms with Gasteiger partial charge in [-0.1, -0.05) is 364 Å². The first-order chi connectivity index (χ1) is 58.7. The zero-order valence-electron chi connectivity index (χ0n) is 67.6. The molecule has 122 heavy (non-hydrogen) atoms. The molecule has 4 heterocycles. The number of benzene rings is 12. The topological polar surface area (TPSA) is 315 Å². The third kappa shape index (κ3) is 39.4. The molecule has 0 aromatic heterocycles. The van der Waals surface area contributed by atoms with E-state index in [1.54, 1.807) is 146 Å². The summed E-state index contributed by atoms with van der Waals surface area (Å²) >= 11 is 0. The van der Waals surface area contributed by atoms with Crippen LogP contribution in [0.4, 0.5) is 0 Å². The molecule has 12 aromatic carbocycles. The Labute approximate surface area is 779 Å². The van der Waals surface area contributed by atoms with Crippen molar-refractivity contribution in [3.05, 3.63) is 431 Å². The van der Waals surface area contributed by atoms with Crippen LogP contribution in [0.15, 0.2) is 364 Å². The van der Waals surface area contributed by atoms with Gasteiger partial charge >= 0.3 is 81.7 Å². The molecule has 22 heteroatoms. The predicted molar refractivity (Wildman–Crippen MR) is 445 cm³/mol. The van der Waals surface area contributed by atoms with E-state index in [9.17, 15) is 59.4 Å². The molecule has 0 amide bonds. The third-order valence-corrected chi connectivity index (χ3v) is 18.0. The molecule has 4 fully saturated rings. The van der Waals surface area contributed by atoms with E-state index in [0.717, 1.165) is 172 Å². The maximum absolute atomic E-state index is 11.2. The molecular formula is C100H98Nd2O20. The minimum absolute atomic E-state index is 0. The molecule has 0 spiro atoms. The molecule has 0 saturated carbocycles. The largest absolute Gasteiger partial charge is 3.00 e. The van der Waals surface area contributed by atoms with Crippen molar-refractivity contribution in [3.8, 4) is 0 Å². The van der Waals surface area contributed by atoms with Crippen LogP contribution in [-0.2, 0) is 66.7 Å².